The van der Waals surface area contributed by atoms with Gasteiger partial charge in [-0.15, -0.1) is 0 Å². The zero-order chi connectivity index (χ0) is 12.3. The molecule has 0 aromatic carbocycles. The van der Waals surface area contributed by atoms with Crippen molar-refractivity contribution in [3.8, 4) is 0 Å². The summed E-state index contributed by atoms with van der Waals surface area (Å²) in [5.41, 5.74) is 1.19. The lowest BCUT2D eigenvalue weighted by Crippen LogP contribution is -2.12. The molecule has 17 heavy (non-hydrogen) atoms. The Morgan fingerprint density at radius 2 is 2.24 bits per heavy atom. The second-order valence-corrected chi connectivity index (χ2v) is 4.25. The van der Waals surface area contributed by atoms with Gasteiger partial charge in [0, 0.05) is 31.5 Å². The Bertz CT molecular complexity index is 471. The fourth-order valence-corrected chi connectivity index (χ4v) is 1.74. The van der Waals surface area contributed by atoms with E-state index in [0.717, 1.165) is 18.8 Å². The van der Waals surface area contributed by atoms with Crippen molar-refractivity contribution < 1.29 is 0 Å². The van der Waals surface area contributed by atoms with Crippen LogP contribution in [-0.4, -0.2) is 19.6 Å². The van der Waals surface area contributed by atoms with Gasteiger partial charge in [0.05, 0.1) is 12.2 Å². The lowest BCUT2D eigenvalue weighted by atomic mass is 10.2. The van der Waals surface area contributed by atoms with Gasteiger partial charge in [-0.25, -0.2) is 0 Å². The van der Waals surface area contributed by atoms with Crippen molar-refractivity contribution in [3.63, 3.8) is 0 Å². The molecule has 0 saturated carbocycles. The normalized spacial score (nSPS) is 12.6. The molecule has 2 aromatic heterocycles. The SMILES string of the molecule is CCC(C)n1nccc1CNc1ccn(C)n1. The summed E-state index contributed by atoms with van der Waals surface area (Å²) in [6, 6.07) is 4.44. The summed E-state index contributed by atoms with van der Waals surface area (Å²) in [7, 11) is 1.91. The molecule has 0 aliphatic heterocycles. The van der Waals surface area contributed by atoms with Crippen LogP contribution in [0.3, 0.4) is 0 Å². The molecule has 1 N–H and O–H groups in total. The third kappa shape index (κ3) is 2.67. The first-order valence-corrected chi connectivity index (χ1v) is 5.96. The Hall–Kier alpha value is -1.78. The van der Waals surface area contributed by atoms with Crippen LogP contribution < -0.4 is 5.32 Å². The van der Waals surface area contributed by atoms with Crippen molar-refractivity contribution in [2.45, 2.75) is 32.9 Å². The van der Waals surface area contributed by atoms with Gasteiger partial charge in [-0.2, -0.15) is 10.2 Å². The highest BCUT2D eigenvalue weighted by atomic mass is 15.3. The number of hydrogen-bond donors (Lipinski definition) is 1. The van der Waals surface area contributed by atoms with Gasteiger partial charge >= 0.3 is 0 Å². The maximum absolute atomic E-state index is 4.36. The van der Waals surface area contributed by atoms with Crippen LogP contribution in [0, 0.1) is 0 Å². The zero-order valence-corrected chi connectivity index (χ0v) is 10.6. The Balaban J connectivity index is 2.01. The minimum absolute atomic E-state index is 0.436. The Morgan fingerprint density at radius 1 is 1.41 bits per heavy atom. The molecule has 0 bridgehead atoms. The molecule has 5 heteroatoms. The number of aryl methyl sites for hydroxylation is 1. The maximum Gasteiger partial charge on any atom is 0.148 e. The molecule has 0 fully saturated rings. The minimum atomic E-state index is 0.436. The van der Waals surface area contributed by atoms with Crippen LogP contribution in [0.4, 0.5) is 5.82 Å². The van der Waals surface area contributed by atoms with Gasteiger partial charge in [0.2, 0.25) is 0 Å². The van der Waals surface area contributed by atoms with Crippen molar-refractivity contribution in [1.82, 2.24) is 19.6 Å². The van der Waals surface area contributed by atoms with Gasteiger partial charge in [0.1, 0.15) is 5.82 Å². The molecule has 0 amide bonds. The van der Waals surface area contributed by atoms with Crippen molar-refractivity contribution in [2.24, 2.45) is 7.05 Å². The van der Waals surface area contributed by atoms with E-state index in [4.69, 9.17) is 0 Å². The van der Waals surface area contributed by atoms with E-state index in [1.807, 2.05) is 31.6 Å². The van der Waals surface area contributed by atoms with Crippen LogP contribution in [0.25, 0.3) is 0 Å². The number of aromatic nitrogens is 4. The van der Waals surface area contributed by atoms with Gasteiger partial charge in [-0.3, -0.25) is 9.36 Å². The fraction of sp³-hybridized carbons (Fsp3) is 0.500. The van der Waals surface area contributed by atoms with Crippen LogP contribution in [0.1, 0.15) is 32.0 Å². The third-order valence-corrected chi connectivity index (χ3v) is 2.92. The Kier molecular flexibility index (Phi) is 3.46. The summed E-state index contributed by atoms with van der Waals surface area (Å²) in [6.07, 6.45) is 4.86. The zero-order valence-electron chi connectivity index (χ0n) is 10.6. The quantitative estimate of drug-likeness (QED) is 0.861. The summed E-state index contributed by atoms with van der Waals surface area (Å²) < 4.78 is 3.85. The summed E-state index contributed by atoms with van der Waals surface area (Å²) in [6.45, 7) is 5.10. The monoisotopic (exact) mass is 233 g/mol. The molecule has 2 aromatic rings. The topological polar surface area (TPSA) is 47.7 Å². The van der Waals surface area contributed by atoms with E-state index in [2.05, 4.69) is 34.0 Å². The molecule has 2 heterocycles. The molecule has 0 spiro atoms. The molecule has 0 aliphatic carbocycles. The van der Waals surface area contributed by atoms with E-state index in [0.29, 0.717) is 6.04 Å². The minimum Gasteiger partial charge on any atom is -0.363 e. The molecule has 0 radical (unpaired) electrons. The summed E-state index contributed by atoms with van der Waals surface area (Å²) in [4.78, 5) is 0. The number of rotatable bonds is 5. The van der Waals surface area contributed by atoms with E-state index in [-0.39, 0.29) is 0 Å². The molecule has 2 rings (SSSR count). The van der Waals surface area contributed by atoms with Crippen molar-refractivity contribution >= 4 is 5.82 Å². The first-order valence-electron chi connectivity index (χ1n) is 5.96. The fourth-order valence-electron chi connectivity index (χ4n) is 1.74. The van der Waals surface area contributed by atoms with Gasteiger partial charge in [-0.05, 0) is 19.4 Å². The molecule has 0 saturated heterocycles. The van der Waals surface area contributed by atoms with Crippen LogP contribution in [0.5, 0.6) is 0 Å². The van der Waals surface area contributed by atoms with Gasteiger partial charge < -0.3 is 5.32 Å². The molecule has 0 aliphatic rings. The summed E-state index contributed by atoms with van der Waals surface area (Å²) in [5.74, 6) is 0.893. The van der Waals surface area contributed by atoms with Crippen molar-refractivity contribution in [2.75, 3.05) is 5.32 Å². The van der Waals surface area contributed by atoms with Gasteiger partial charge in [0.15, 0.2) is 0 Å². The predicted octanol–water partition coefficient (Wildman–Crippen LogP) is 2.20. The number of nitrogens with one attached hydrogen (secondary N) is 1. The average Bonchev–Trinajstić information content (AvgIpc) is 2.94. The summed E-state index contributed by atoms with van der Waals surface area (Å²) >= 11 is 0. The standard InChI is InChI=1S/C12H19N5/c1-4-10(2)17-11(5-7-14-17)9-13-12-6-8-16(3)15-12/h5-8,10H,4,9H2,1-3H3,(H,13,15). The number of hydrogen-bond acceptors (Lipinski definition) is 3. The van der Waals surface area contributed by atoms with Crippen LogP contribution in [-0.2, 0) is 13.6 Å². The second kappa shape index (κ2) is 5.03. The lowest BCUT2D eigenvalue weighted by Gasteiger charge is -2.13. The van der Waals surface area contributed by atoms with E-state index < -0.39 is 0 Å². The molecule has 1 atom stereocenters. The summed E-state index contributed by atoms with van der Waals surface area (Å²) in [5, 5.41) is 11.9. The average molecular weight is 233 g/mol. The number of anilines is 1. The lowest BCUT2D eigenvalue weighted by molar-refractivity contribution is 0.462. The first-order chi connectivity index (χ1) is 8.20. The van der Waals surface area contributed by atoms with Crippen LogP contribution >= 0.6 is 0 Å². The maximum atomic E-state index is 4.36. The first kappa shape index (κ1) is 11.7. The largest absolute Gasteiger partial charge is 0.363 e. The highest BCUT2D eigenvalue weighted by molar-refractivity contribution is 5.32. The smallest absolute Gasteiger partial charge is 0.148 e. The number of nitrogens with zero attached hydrogens (tertiary/aromatic N) is 4. The third-order valence-electron chi connectivity index (χ3n) is 2.92. The molecule has 92 valence electrons. The van der Waals surface area contributed by atoms with Gasteiger partial charge in [-0.1, -0.05) is 6.92 Å². The van der Waals surface area contributed by atoms with Crippen LogP contribution in [0.15, 0.2) is 24.5 Å². The van der Waals surface area contributed by atoms with Crippen molar-refractivity contribution in [3.05, 3.63) is 30.2 Å². The second-order valence-electron chi connectivity index (χ2n) is 4.25. The molecular weight excluding hydrogens is 214 g/mol. The Morgan fingerprint density at radius 3 is 2.88 bits per heavy atom. The van der Waals surface area contributed by atoms with E-state index >= 15 is 0 Å². The predicted molar refractivity (Wildman–Crippen MR) is 67.8 cm³/mol. The molecular formula is C12H19N5. The highest BCUT2D eigenvalue weighted by Crippen LogP contribution is 2.13. The van der Waals surface area contributed by atoms with Gasteiger partial charge in [0.25, 0.3) is 0 Å². The van der Waals surface area contributed by atoms with E-state index in [1.54, 1.807) is 4.68 Å². The van der Waals surface area contributed by atoms with E-state index in [1.165, 1.54) is 5.69 Å². The molecule has 5 nitrogen and oxygen atoms in total. The van der Waals surface area contributed by atoms with Crippen LogP contribution in [0.2, 0.25) is 0 Å². The van der Waals surface area contributed by atoms with Crippen molar-refractivity contribution in [1.29, 1.82) is 0 Å². The molecule has 1 unspecified atom stereocenters. The highest BCUT2D eigenvalue weighted by Gasteiger charge is 2.08. The Labute approximate surface area is 101 Å². The van der Waals surface area contributed by atoms with E-state index in [9.17, 15) is 0 Å².